The van der Waals surface area contributed by atoms with Gasteiger partial charge >= 0.3 is 0 Å². The number of hydrogen-bond acceptors (Lipinski definition) is 1. The summed E-state index contributed by atoms with van der Waals surface area (Å²) in [7, 11) is 0. The van der Waals surface area contributed by atoms with Crippen molar-refractivity contribution < 1.29 is 0 Å². The third kappa shape index (κ3) is 1.58. The highest BCUT2D eigenvalue weighted by atomic mass is 14.9. The van der Waals surface area contributed by atoms with E-state index < -0.39 is 0 Å². The molecule has 0 unspecified atom stereocenters. The van der Waals surface area contributed by atoms with Gasteiger partial charge in [0.05, 0.1) is 5.69 Å². The fourth-order valence-electron chi connectivity index (χ4n) is 2.42. The minimum absolute atomic E-state index is 0.856. The van der Waals surface area contributed by atoms with Crippen molar-refractivity contribution in [1.82, 2.24) is 4.57 Å². The largest absolute Gasteiger partial charge is 0.401 e. The van der Waals surface area contributed by atoms with Gasteiger partial charge in [0.1, 0.15) is 0 Å². The Labute approximate surface area is 107 Å². The van der Waals surface area contributed by atoms with Crippen molar-refractivity contribution in [2.45, 2.75) is 13.3 Å². The molecule has 0 saturated heterocycles. The van der Waals surface area contributed by atoms with Gasteiger partial charge in [-0.1, -0.05) is 31.2 Å². The van der Waals surface area contributed by atoms with E-state index in [4.69, 9.17) is 5.73 Å². The third-order valence-electron chi connectivity index (χ3n) is 3.38. The van der Waals surface area contributed by atoms with Crippen molar-refractivity contribution in [3.05, 3.63) is 65.1 Å². The summed E-state index contributed by atoms with van der Waals surface area (Å²) >= 11 is 0. The lowest BCUT2D eigenvalue weighted by Gasteiger charge is -2.13. The molecule has 2 aromatic rings. The molecular weight excluding hydrogens is 220 g/mol. The van der Waals surface area contributed by atoms with Crippen LogP contribution in [0.3, 0.4) is 0 Å². The Hall–Kier alpha value is -2.22. The van der Waals surface area contributed by atoms with E-state index in [9.17, 15) is 0 Å². The molecule has 1 aromatic heterocycles. The summed E-state index contributed by atoms with van der Waals surface area (Å²) in [6, 6.07) is 12.6. The molecule has 0 bridgehead atoms. The van der Waals surface area contributed by atoms with Gasteiger partial charge in [-0.25, -0.2) is 0 Å². The Morgan fingerprint density at radius 3 is 2.83 bits per heavy atom. The van der Waals surface area contributed by atoms with Crippen molar-refractivity contribution in [2.75, 3.05) is 0 Å². The number of aromatic nitrogens is 1. The lowest BCUT2D eigenvalue weighted by Crippen LogP contribution is -2.04. The zero-order chi connectivity index (χ0) is 12.5. The zero-order valence-corrected chi connectivity index (χ0v) is 10.4. The minimum atomic E-state index is 0.856. The fourth-order valence-corrected chi connectivity index (χ4v) is 2.42. The first-order valence-electron chi connectivity index (χ1n) is 6.24. The molecule has 2 N–H and O–H groups in total. The maximum atomic E-state index is 6.24. The fraction of sp³-hybridized carbons (Fsp3) is 0.125. The highest BCUT2D eigenvalue weighted by Crippen LogP contribution is 2.32. The summed E-state index contributed by atoms with van der Waals surface area (Å²) in [5, 5.41) is 0. The van der Waals surface area contributed by atoms with Crippen LogP contribution in [-0.2, 0) is 0 Å². The molecule has 1 aromatic carbocycles. The first kappa shape index (κ1) is 10.9. The molecule has 0 atom stereocenters. The monoisotopic (exact) mass is 236 g/mol. The predicted octanol–water partition coefficient (Wildman–Crippen LogP) is 3.56. The van der Waals surface area contributed by atoms with E-state index in [-0.39, 0.29) is 0 Å². The van der Waals surface area contributed by atoms with Crippen molar-refractivity contribution in [2.24, 2.45) is 5.73 Å². The Morgan fingerprint density at radius 1 is 1.17 bits per heavy atom. The number of nitrogens with two attached hydrogens (primary N) is 1. The Bertz CT molecular complexity index is 645. The zero-order valence-electron chi connectivity index (χ0n) is 10.4. The normalized spacial score (nSPS) is 15.8. The number of fused-ring (bicyclic) bond motifs is 2. The minimum Gasteiger partial charge on any atom is -0.401 e. The molecule has 2 heterocycles. The van der Waals surface area contributed by atoms with Crippen LogP contribution in [0.25, 0.3) is 17.8 Å². The SMILES string of the molecule is CC/C(N)=C1/c2ccccc2C=Cn2cccc21. The summed E-state index contributed by atoms with van der Waals surface area (Å²) in [6.07, 6.45) is 7.13. The third-order valence-corrected chi connectivity index (χ3v) is 3.38. The first-order valence-corrected chi connectivity index (χ1v) is 6.24. The first-order chi connectivity index (χ1) is 8.81. The van der Waals surface area contributed by atoms with Crippen molar-refractivity contribution in [3.63, 3.8) is 0 Å². The Kier molecular flexibility index (Phi) is 2.56. The highest BCUT2D eigenvalue weighted by Gasteiger charge is 2.16. The van der Waals surface area contributed by atoms with Crippen LogP contribution in [0.1, 0.15) is 30.2 Å². The van der Waals surface area contributed by atoms with Gasteiger partial charge in [0, 0.05) is 23.7 Å². The Balaban J connectivity index is 2.36. The summed E-state index contributed by atoms with van der Waals surface area (Å²) in [6.45, 7) is 2.09. The average molecular weight is 236 g/mol. The second-order valence-electron chi connectivity index (χ2n) is 4.46. The highest BCUT2D eigenvalue weighted by molar-refractivity contribution is 5.89. The summed E-state index contributed by atoms with van der Waals surface area (Å²) in [5.41, 5.74) is 11.9. The van der Waals surface area contributed by atoms with E-state index in [0.29, 0.717) is 0 Å². The van der Waals surface area contributed by atoms with Gasteiger partial charge in [-0.15, -0.1) is 0 Å². The van der Waals surface area contributed by atoms with Crippen LogP contribution in [0.2, 0.25) is 0 Å². The van der Waals surface area contributed by atoms with Gasteiger partial charge in [-0.05, 0) is 35.8 Å². The predicted molar refractivity (Wildman–Crippen MR) is 76.6 cm³/mol. The molecule has 2 heteroatoms. The van der Waals surface area contributed by atoms with Crippen LogP contribution < -0.4 is 5.73 Å². The van der Waals surface area contributed by atoms with Gasteiger partial charge in [-0.3, -0.25) is 0 Å². The summed E-state index contributed by atoms with van der Waals surface area (Å²) in [4.78, 5) is 0. The summed E-state index contributed by atoms with van der Waals surface area (Å²) < 4.78 is 2.12. The van der Waals surface area contributed by atoms with Crippen LogP contribution in [0.15, 0.2) is 48.3 Å². The van der Waals surface area contributed by atoms with Crippen LogP contribution in [0.5, 0.6) is 0 Å². The lowest BCUT2D eigenvalue weighted by atomic mass is 9.95. The topological polar surface area (TPSA) is 30.9 Å². The number of benzene rings is 1. The number of hydrogen-bond donors (Lipinski definition) is 1. The maximum Gasteiger partial charge on any atom is 0.0545 e. The van der Waals surface area contributed by atoms with E-state index in [2.05, 4.69) is 66.4 Å². The van der Waals surface area contributed by atoms with Crippen LogP contribution >= 0.6 is 0 Å². The smallest absolute Gasteiger partial charge is 0.0545 e. The molecule has 18 heavy (non-hydrogen) atoms. The molecule has 0 fully saturated rings. The lowest BCUT2D eigenvalue weighted by molar-refractivity contribution is 1.06. The molecule has 1 aliphatic rings. The molecule has 1 aliphatic heterocycles. The van der Waals surface area contributed by atoms with E-state index in [1.807, 2.05) is 0 Å². The second kappa shape index (κ2) is 4.22. The van der Waals surface area contributed by atoms with Crippen LogP contribution in [-0.4, -0.2) is 4.57 Å². The quantitative estimate of drug-likeness (QED) is 0.688. The van der Waals surface area contributed by atoms with Crippen molar-refractivity contribution >= 4 is 17.8 Å². The molecule has 0 spiro atoms. The molecule has 0 radical (unpaired) electrons. The molecule has 0 amide bonds. The standard InChI is InChI=1S/C16H16N2/c1-2-14(17)16-13-7-4-3-6-12(13)9-11-18-10-5-8-15(16)18/h3-11H,2,17H2,1H3/b16-14+. The van der Waals surface area contributed by atoms with Gasteiger partial charge in [-0.2, -0.15) is 0 Å². The van der Waals surface area contributed by atoms with Gasteiger partial charge in [0.25, 0.3) is 0 Å². The molecule has 2 nitrogen and oxygen atoms in total. The van der Waals surface area contributed by atoms with Crippen LogP contribution in [0, 0.1) is 0 Å². The molecule has 0 saturated carbocycles. The molecular formula is C16H16N2. The van der Waals surface area contributed by atoms with Crippen LogP contribution in [0.4, 0.5) is 0 Å². The maximum absolute atomic E-state index is 6.24. The van der Waals surface area contributed by atoms with E-state index in [1.165, 1.54) is 11.1 Å². The van der Waals surface area contributed by atoms with E-state index >= 15 is 0 Å². The second-order valence-corrected chi connectivity index (χ2v) is 4.46. The van der Waals surface area contributed by atoms with Crippen molar-refractivity contribution in [3.8, 4) is 0 Å². The molecule has 3 rings (SSSR count). The van der Waals surface area contributed by atoms with Crippen molar-refractivity contribution in [1.29, 1.82) is 0 Å². The van der Waals surface area contributed by atoms with E-state index in [1.54, 1.807) is 0 Å². The molecule has 0 aliphatic carbocycles. The number of rotatable bonds is 1. The van der Waals surface area contributed by atoms with Gasteiger partial charge in [0.2, 0.25) is 0 Å². The number of nitrogens with zero attached hydrogens (tertiary/aromatic N) is 1. The number of allylic oxidation sites excluding steroid dienone is 1. The van der Waals surface area contributed by atoms with Gasteiger partial charge < -0.3 is 10.3 Å². The summed E-state index contributed by atoms with van der Waals surface area (Å²) in [5.74, 6) is 0. The van der Waals surface area contributed by atoms with E-state index in [0.717, 1.165) is 23.4 Å². The molecule has 90 valence electrons. The van der Waals surface area contributed by atoms with Gasteiger partial charge in [0.15, 0.2) is 0 Å². The average Bonchev–Trinajstić information content (AvgIpc) is 2.80. The Morgan fingerprint density at radius 2 is 2.00 bits per heavy atom.